The number of furan rings is 2. The maximum absolute atomic E-state index is 7.46. The van der Waals surface area contributed by atoms with Crippen LogP contribution in [-0.2, 0) is 5.41 Å². The van der Waals surface area contributed by atoms with E-state index in [1.165, 1.54) is 38.9 Å². The van der Waals surface area contributed by atoms with Crippen molar-refractivity contribution >= 4 is 71.7 Å². The molecule has 0 amide bonds. The Balaban J connectivity index is 1.05. The predicted octanol–water partition coefficient (Wildman–Crippen LogP) is 17.8. The summed E-state index contributed by atoms with van der Waals surface area (Å²) in [6.07, 6.45) is 0. The summed E-state index contributed by atoms with van der Waals surface area (Å²) >= 11 is 0. The Kier molecular flexibility index (Phi) is 8.50. The molecular formula is C65H41NO2. The number of fused-ring (bicyclic) bond motifs is 10. The summed E-state index contributed by atoms with van der Waals surface area (Å²) in [5, 5.41) is 6.53. The first-order valence-corrected chi connectivity index (χ1v) is 23.3. The highest BCUT2D eigenvalue weighted by atomic mass is 16.3. The van der Waals surface area contributed by atoms with Crippen molar-refractivity contribution in [3.63, 3.8) is 0 Å². The smallest absolute Gasteiger partial charge is 0.159 e. The van der Waals surface area contributed by atoms with Crippen LogP contribution in [0.5, 0.6) is 0 Å². The van der Waals surface area contributed by atoms with Gasteiger partial charge in [-0.1, -0.05) is 206 Å². The summed E-state index contributed by atoms with van der Waals surface area (Å²) in [5.74, 6) is 0. The van der Waals surface area contributed by atoms with E-state index in [-0.39, 0.29) is 0 Å². The summed E-state index contributed by atoms with van der Waals surface area (Å²) in [7, 11) is 0. The lowest BCUT2D eigenvalue weighted by molar-refractivity contribution is 0.665. The second-order valence-electron chi connectivity index (χ2n) is 17.9. The number of rotatable bonds is 7. The molecule has 11 aromatic carbocycles. The zero-order valence-corrected chi connectivity index (χ0v) is 36.9. The van der Waals surface area contributed by atoms with Gasteiger partial charge in [-0.2, -0.15) is 0 Å². The molecule has 0 atom stereocenters. The van der Waals surface area contributed by atoms with E-state index in [1.807, 2.05) is 12.1 Å². The molecule has 0 saturated heterocycles. The molecular weight excluding hydrogens is 827 g/mol. The largest absolute Gasteiger partial charge is 0.455 e. The minimum Gasteiger partial charge on any atom is -0.455 e. The lowest BCUT2D eigenvalue weighted by Crippen LogP contribution is -2.28. The van der Waals surface area contributed by atoms with Crippen molar-refractivity contribution in [3.8, 4) is 33.4 Å². The van der Waals surface area contributed by atoms with Crippen molar-refractivity contribution in [2.24, 2.45) is 0 Å². The lowest BCUT2D eigenvalue weighted by atomic mass is 9.67. The number of benzene rings is 11. The molecule has 0 bridgehead atoms. The van der Waals surface area contributed by atoms with Crippen LogP contribution in [0.2, 0.25) is 0 Å². The summed E-state index contributed by atoms with van der Waals surface area (Å²) in [6.45, 7) is 0. The first-order valence-electron chi connectivity index (χ1n) is 23.3. The predicted molar refractivity (Wildman–Crippen MR) is 281 cm³/mol. The Bertz CT molecular complexity index is 4030. The van der Waals surface area contributed by atoms with E-state index in [2.05, 4.69) is 241 Å². The second kappa shape index (κ2) is 15.1. The summed E-state index contributed by atoms with van der Waals surface area (Å²) in [5.41, 5.74) is 17.6. The van der Waals surface area contributed by atoms with Crippen molar-refractivity contribution in [1.82, 2.24) is 0 Å². The van der Waals surface area contributed by atoms with Gasteiger partial charge in [0.25, 0.3) is 0 Å². The zero-order valence-electron chi connectivity index (χ0n) is 36.9. The minimum atomic E-state index is -0.564. The highest BCUT2D eigenvalue weighted by Gasteiger charge is 2.46. The summed E-state index contributed by atoms with van der Waals surface area (Å²) in [4.78, 5) is 2.39. The highest BCUT2D eigenvalue weighted by molar-refractivity contribution is 6.23. The Morgan fingerprint density at radius 3 is 1.68 bits per heavy atom. The summed E-state index contributed by atoms with van der Waals surface area (Å²) in [6, 6.07) is 89.9. The van der Waals surface area contributed by atoms with Crippen molar-refractivity contribution in [2.75, 3.05) is 4.90 Å². The van der Waals surface area contributed by atoms with Gasteiger partial charge in [0.2, 0.25) is 0 Å². The first-order chi connectivity index (χ1) is 33.7. The van der Waals surface area contributed by atoms with Crippen LogP contribution in [0, 0.1) is 0 Å². The van der Waals surface area contributed by atoms with Crippen molar-refractivity contribution in [3.05, 3.63) is 271 Å². The molecule has 0 N–H and O–H groups in total. The number of hydrogen-bond acceptors (Lipinski definition) is 3. The van der Waals surface area contributed by atoms with E-state index in [0.29, 0.717) is 0 Å². The van der Waals surface area contributed by atoms with Crippen LogP contribution in [0.4, 0.5) is 17.1 Å². The molecule has 0 spiro atoms. The van der Waals surface area contributed by atoms with Gasteiger partial charge in [-0.3, -0.25) is 0 Å². The van der Waals surface area contributed by atoms with E-state index in [4.69, 9.17) is 8.83 Å². The second-order valence-corrected chi connectivity index (χ2v) is 17.9. The highest BCUT2D eigenvalue weighted by Crippen LogP contribution is 2.58. The van der Waals surface area contributed by atoms with Crippen LogP contribution in [0.3, 0.4) is 0 Å². The number of para-hydroxylation sites is 3. The van der Waals surface area contributed by atoms with Gasteiger partial charge in [0.05, 0.1) is 11.1 Å². The fourth-order valence-corrected chi connectivity index (χ4v) is 11.4. The Hall–Kier alpha value is -8.92. The van der Waals surface area contributed by atoms with Crippen molar-refractivity contribution < 1.29 is 8.83 Å². The van der Waals surface area contributed by atoms with Gasteiger partial charge < -0.3 is 13.7 Å². The maximum atomic E-state index is 7.46. The van der Waals surface area contributed by atoms with Crippen LogP contribution < -0.4 is 4.90 Å². The van der Waals surface area contributed by atoms with Crippen LogP contribution in [-0.4, -0.2) is 0 Å². The quantitative estimate of drug-likeness (QED) is 0.160. The zero-order chi connectivity index (χ0) is 44.8. The van der Waals surface area contributed by atoms with Crippen LogP contribution in [0.25, 0.3) is 88.0 Å². The van der Waals surface area contributed by atoms with Crippen molar-refractivity contribution in [1.29, 1.82) is 0 Å². The van der Waals surface area contributed by atoms with E-state index >= 15 is 0 Å². The monoisotopic (exact) mass is 867 g/mol. The number of nitrogens with zero attached hydrogens (tertiary/aromatic N) is 1. The molecule has 13 aromatic rings. The first kappa shape index (κ1) is 38.4. The van der Waals surface area contributed by atoms with Gasteiger partial charge in [0.1, 0.15) is 16.7 Å². The van der Waals surface area contributed by atoms with Crippen LogP contribution in [0.1, 0.15) is 22.3 Å². The molecule has 0 radical (unpaired) electrons. The molecule has 0 unspecified atom stereocenters. The lowest BCUT2D eigenvalue weighted by Gasteiger charge is -2.35. The van der Waals surface area contributed by atoms with Crippen LogP contribution in [0.15, 0.2) is 258 Å². The fraction of sp³-hybridized carbons (Fsp3) is 0.0154. The van der Waals surface area contributed by atoms with Gasteiger partial charge in [-0.15, -0.1) is 0 Å². The minimum absolute atomic E-state index is 0.564. The molecule has 3 nitrogen and oxygen atoms in total. The maximum Gasteiger partial charge on any atom is 0.159 e. The standard InChI is InChI=1S/C65H41NO2/c1-4-18-42(19-5-1)43-34-36-47(37-35-43)66(48-38-39-51-50-26-12-14-31-57(50)65(58(51)41-48,45-21-6-2-7-22-45)46-23-8-3-9-24-46)59-32-17-29-54-56-40-44-20-10-11-25-49(44)61(64(56)68-63(54)59)55-30-16-28-53-52-27-13-15-33-60(52)67-62(53)55/h1-41H. The normalized spacial score (nSPS) is 12.8. The van der Waals surface area contributed by atoms with E-state index in [9.17, 15) is 0 Å². The molecule has 2 heterocycles. The average Bonchev–Trinajstić information content (AvgIpc) is 4.08. The number of hydrogen-bond donors (Lipinski definition) is 0. The SMILES string of the molecule is c1ccc(-c2ccc(N(c3ccc4c(c3)C(c3ccccc3)(c3ccccc3)c3ccccc3-4)c3cccc4c3oc3c(-c5cccc6c5oc5ccccc56)c5ccccc5cc34)cc2)cc1. The third kappa shape index (κ3) is 5.60. The van der Waals surface area contributed by atoms with Gasteiger partial charge in [-0.05, 0) is 97.7 Å². The Morgan fingerprint density at radius 1 is 0.324 bits per heavy atom. The fourth-order valence-electron chi connectivity index (χ4n) is 11.4. The Labute approximate surface area is 393 Å². The van der Waals surface area contributed by atoms with E-state index < -0.39 is 5.41 Å². The topological polar surface area (TPSA) is 29.5 Å². The third-order valence-electron chi connectivity index (χ3n) is 14.3. The summed E-state index contributed by atoms with van der Waals surface area (Å²) < 4.78 is 14.2. The molecule has 0 saturated carbocycles. The van der Waals surface area contributed by atoms with Gasteiger partial charge in [0, 0.05) is 44.0 Å². The molecule has 318 valence electrons. The molecule has 14 rings (SSSR count). The Morgan fingerprint density at radius 2 is 0.897 bits per heavy atom. The van der Waals surface area contributed by atoms with E-state index in [1.54, 1.807) is 0 Å². The molecule has 0 fully saturated rings. The average molecular weight is 868 g/mol. The van der Waals surface area contributed by atoms with Crippen LogP contribution >= 0.6 is 0 Å². The van der Waals surface area contributed by atoms with Gasteiger partial charge in [0.15, 0.2) is 5.58 Å². The molecule has 0 aliphatic heterocycles. The molecule has 1 aliphatic rings. The number of anilines is 3. The molecule has 2 aromatic heterocycles. The van der Waals surface area contributed by atoms with Crippen molar-refractivity contribution in [2.45, 2.75) is 5.41 Å². The molecule has 1 aliphatic carbocycles. The van der Waals surface area contributed by atoms with E-state index in [0.717, 1.165) is 88.4 Å². The molecule has 3 heteroatoms. The van der Waals surface area contributed by atoms with Gasteiger partial charge >= 0.3 is 0 Å². The third-order valence-corrected chi connectivity index (χ3v) is 14.3. The molecule has 68 heavy (non-hydrogen) atoms. The van der Waals surface area contributed by atoms with Gasteiger partial charge in [-0.25, -0.2) is 0 Å².